The number of esters is 1. The molecule has 21 heavy (non-hydrogen) atoms. The van der Waals surface area contributed by atoms with Crippen molar-refractivity contribution in [3.63, 3.8) is 0 Å². The number of hydrogen-bond acceptors (Lipinski definition) is 4. The van der Waals surface area contributed by atoms with Gasteiger partial charge in [-0.25, -0.2) is 12.8 Å². The smallest absolute Gasteiger partial charge is 0.310 e. The van der Waals surface area contributed by atoms with Gasteiger partial charge in [0.2, 0.25) is 10.0 Å². The third-order valence-corrected chi connectivity index (χ3v) is 6.20. The van der Waals surface area contributed by atoms with Crippen molar-refractivity contribution >= 4 is 21.7 Å². The first-order valence-corrected chi connectivity index (χ1v) is 8.19. The van der Waals surface area contributed by atoms with Gasteiger partial charge < -0.3 is 4.74 Å². The number of halogens is 1. The molecular weight excluding hydrogens is 297 g/mol. The Morgan fingerprint density at radius 2 is 2.10 bits per heavy atom. The summed E-state index contributed by atoms with van der Waals surface area (Å²) in [5.74, 6) is -1.67. The van der Waals surface area contributed by atoms with Gasteiger partial charge in [-0.05, 0) is 31.0 Å². The second-order valence-corrected chi connectivity index (χ2v) is 7.27. The highest BCUT2D eigenvalue weighted by Gasteiger charge is 2.44. The van der Waals surface area contributed by atoms with Gasteiger partial charge in [-0.3, -0.25) is 9.10 Å². The van der Waals surface area contributed by atoms with E-state index in [4.69, 9.17) is 0 Å². The third-order valence-electron chi connectivity index (χ3n) is 3.89. The molecule has 0 saturated heterocycles. The van der Waals surface area contributed by atoms with Crippen LogP contribution in [0, 0.1) is 11.7 Å². The van der Waals surface area contributed by atoms with Crippen LogP contribution >= 0.6 is 0 Å². The predicted molar refractivity (Wildman–Crippen MR) is 76.9 cm³/mol. The highest BCUT2D eigenvalue weighted by atomic mass is 32.2. The fourth-order valence-electron chi connectivity index (χ4n) is 2.73. The van der Waals surface area contributed by atoms with Crippen LogP contribution in [0.15, 0.2) is 24.3 Å². The number of rotatable bonds is 4. The monoisotopic (exact) mass is 315 g/mol. The summed E-state index contributed by atoms with van der Waals surface area (Å²) in [7, 11) is -1.12. The molecule has 2 rings (SSSR count). The van der Waals surface area contributed by atoms with Crippen LogP contribution in [0.25, 0.3) is 0 Å². The topological polar surface area (TPSA) is 63.7 Å². The van der Waals surface area contributed by atoms with E-state index in [1.54, 1.807) is 0 Å². The van der Waals surface area contributed by atoms with Crippen molar-refractivity contribution in [1.29, 1.82) is 0 Å². The first-order valence-electron chi connectivity index (χ1n) is 6.69. The van der Waals surface area contributed by atoms with Crippen molar-refractivity contribution in [2.75, 3.05) is 18.5 Å². The number of carbonyl (C=O) groups excluding carboxylic acids is 1. The van der Waals surface area contributed by atoms with Gasteiger partial charge in [0.25, 0.3) is 0 Å². The normalized spacial score (nSPS) is 22.0. The van der Waals surface area contributed by atoms with E-state index in [0.717, 1.165) is 10.4 Å². The Bertz CT molecular complexity index is 632. The number of benzene rings is 1. The SMILES string of the molecule is COC(=O)C1CCCC1S(=O)(=O)N(C)c1cccc(F)c1. The molecule has 0 bridgehead atoms. The van der Waals surface area contributed by atoms with Crippen molar-refractivity contribution in [3.8, 4) is 0 Å². The van der Waals surface area contributed by atoms with Gasteiger partial charge in [-0.15, -0.1) is 0 Å². The molecule has 0 aliphatic heterocycles. The van der Waals surface area contributed by atoms with E-state index in [-0.39, 0.29) is 5.69 Å². The highest BCUT2D eigenvalue weighted by Crippen LogP contribution is 2.34. The van der Waals surface area contributed by atoms with Crippen LogP contribution in [-0.4, -0.2) is 33.8 Å². The van der Waals surface area contributed by atoms with Crippen LogP contribution in [0.2, 0.25) is 0 Å². The number of hydrogen-bond donors (Lipinski definition) is 0. The van der Waals surface area contributed by atoms with Crippen LogP contribution in [0.4, 0.5) is 10.1 Å². The second kappa shape index (κ2) is 6.01. The number of sulfonamides is 1. The molecule has 0 heterocycles. The molecule has 1 aliphatic carbocycles. The molecule has 2 atom stereocenters. The molecule has 1 fully saturated rings. The predicted octanol–water partition coefficient (Wildman–Crippen LogP) is 1.93. The van der Waals surface area contributed by atoms with Crippen LogP contribution in [-0.2, 0) is 19.6 Å². The van der Waals surface area contributed by atoms with E-state index >= 15 is 0 Å². The van der Waals surface area contributed by atoms with Gasteiger partial charge in [-0.1, -0.05) is 12.5 Å². The quantitative estimate of drug-likeness (QED) is 0.797. The van der Waals surface area contributed by atoms with Crippen LogP contribution in [0.1, 0.15) is 19.3 Å². The summed E-state index contributed by atoms with van der Waals surface area (Å²) in [6.07, 6.45) is 1.55. The van der Waals surface area contributed by atoms with Crippen molar-refractivity contribution in [3.05, 3.63) is 30.1 Å². The van der Waals surface area contributed by atoms with Crippen molar-refractivity contribution in [1.82, 2.24) is 0 Å². The van der Waals surface area contributed by atoms with E-state index in [1.165, 1.54) is 32.4 Å². The van der Waals surface area contributed by atoms with E-state index in [1.807, 2.05) is 0 Å². The summed E-state index contributed by atoms with van der Waals surface area (Å²) in [4.78, 5) is 11.7. The summed E-state index contributed by atoms with van der Waals surface area (Å²) in [5, 5.41) is -0.821. The highest BCUT2D eigenvalue weighted by molar-refractivity contribution is 7.93. The molecule has 0 amide bonds. The summed E-state index contributed by atoms with van der Waals surface area (Å²) < 4.78 is 44.3. The molecule has 1 saturated carbocycles. The molecule has 2 unspecified atom stereocenters. The summed E-state index contributed by atoms with van der Waals surface area (Å²) >= 11 is 0. The van der Waals surface area contributed by atoms with Crippen LogP contribution < -0.4 is 4.31 Å². The molecule has 0 spiro atoms. The Labute approximate surface area is 123 Å². The summed E-state index contributed by atoms with van der Waals surface area (Å²) in [6, 6.07) is 5.36. The molecular formula is C14H18FNO4S. The fraction of sp³-hybridized carbons (Fsp3) is 0.500. The average Bonchev–Trinajstić information content (AvgIpc) is 2.95. The van der Waals surface area contributed by atoms with E-state index in [2.05, 4.69) is 4.74 Å². The number of ether oxygens (including phenoxy) is 1. The molecule has 7 heteroatoms. The maximum absolute atomic E-state index is 13.3. The van der Waals surface area contributed by atoms with Gasteiger partial charge in [0.05, 0.1) is 24.0 Å². The number of nitrogens with zero attached hydrogens (tertiary/aromatic N) is 1. The maximum Gasteiger partial charge on any atom is 0.310 e. The molecule has 5 nitrogen and oxygen atoms in total. The first-order chi connectivity index (χ1) is 9.87. The lowest BCUT2D eigenvalue weighted by molar-refractivity contribution is -0.145. The van der Waals surface area contributed by atoms with Crippen molar-refractivity contribution < 1.29 is 22.3 Å². The molecule has 1 aromatic carbocycles. The van der Waals surface area contributed by atoms with Gasteiger partial charge >= 0.3 is 5.97 Å². The molecule has 0 aromatic heterocycles. The first kappa shape index (κ1) is 15.8. The Morgan fingerprint density at radius 3 is 2.71 bits per heavy atom. The minimum absolute atomic E-state index is 0.241. The zero-order valence-electron chi connectivity index (χ0n) is 12.0. The number of carbonyl (C=O) groups is 1. The van der Waals surface area contributed by atoms with Gasteiger partial charge in [0.1, 0.15) is 5.82 Å². The minimum atomic E-state index is -3.75. The third kappa shape index (κ3) is 3.02. The Morgan fingerprint density at radius 1 is 1.38 bits per heavy atom. The standard InChI is InChI=1S/C14H18FNO4S/c1-16(11-6-3-5-10(15)9-11)21(18,19)13-8-4-7-12(13)14(17)20-2/h3,5-6,9,12-13H,4,7-8H2,1-2H3. The Hall–Kier alpha value is -1.63. The molecule has 0 radical (unpaired) electrons. The molecule has 0 N–H and O–H groups in total. The van der Waals surface area contributed by atoms with Gasteiger partial charge in [-0.2, -0.15) is 0 Å². The average molecular weight is 315 g/mol. The van der Waals surface area contributed by atoms with Crippen molar-refractivity contribution in [2.24, 2.45) is 5.92 Å². The summed E-state index contributed by atoms with van der Waals surface area (Å²) in [6.45, 7) is 0. The zero-order valence-corrected chi connectivity index (χ0v) is 12.8. The molecule has 1 aliphatic rings. The van der Waals surface area contributed by atoms with Crippen LogP contribution in [0.3, 0.4) is 0 Å². The number of anilines is 1. The van der Waals surface area contributed by atoms with Crippen molar-refractivity contribution in [2.45, 2.75) is 24.5 Å². The lowest BCUT2D eigenvalue weighted by Crippen LogP contribution is -2.40. The van der Waals surface area contributed by atoms with E-state index < -0.39 is 33.0 Å². The van der Waals surface area contributed by atoms with E-state index in [0.29, 0.717) is 19.3 Å². The molecule has 1 aromatic rings. The number of methoxy groups -OCH3 is 1. The second-order valence-electron chi connectivity index (χ2n) is 5.09. The lowest BCUT2D eigenvalue weighted by atomic mass is 10.1. The largest absolute Gasteiger partial charge is 0.469 e. The fourth-order valence-corrected chi connectivity index (χ4v) is 4.67. The van der Waals surface area contributed by atoms with Gasteiger partial charge in [0.15, 0.2) is 0 Å². The maximum atomic E-state index is 13.3. The lowest BCUT2D eigenvalue weighted by Gasteiger charge is -2.26. The van der Waals surface area contributed by atoms with Crippen LogP contribution in [0.5, 0.6) is 0 Å². The minimum Gasteiger partial charge on any atom is -0.469 e. The van der Waals surface area contributed by atoms with Gasteiger partial charge in [0, 0.05) is 7.05 Å². The molecule has 116 valence electrons. The van der Waals surface area contributed by atoms with E-state index in [9.17, 15) is 17.6 Å². The Kier molecular flexibility index (Phi) is 4.51. The Balaban J connectivity index is 2.30. The zero-order chi connectivity index (χ0) is 15.6. The summed E-state index contributed by atoms with van der Waals surface area (Å²) in [5.41, 5.74) is 0.241.